The number of methoxy groups -OCH3 is 3. The topological polar surface area (TPSA) is 91.3 Å². The van der Waals surface area contributed by atoms with E-state index in [9.17, 15) is 5.11 Å². The summed E-state index contributed by atoms with van der Waals surface area (Å²) in [4.78, 5) is 4.73. The van der Waals surface area contributed by atoms with Gasteiger partial charge in [0, 0.05) is 18.7 Å². The van der Waals surface area contributed by atoms with E-state index >= 15 is 0 Å². The fourth-order valence-electron chi connectivity index (χ4n) is 6.07. The van der Waals surface area contributed by atoms with Gasteiger partial charge in [-0.3, -0.25) is 4.98 Å². The van der Waals surface area contributed by atoms with Gasteiger partial charge in [0.05, 0.1) is 32.4 Å². The van der Waals surface area contributed by atoms with Crippen molar-refractivity contribution in [2.75, 3.05) is 27.9 Å². The lowest BCUT2D eigenvalue weighted by Gasteiger charge is -2.29. The van der Waals surface area contributed by atoms with Crippen molar-refractivity contribution < 1.29 is 28.8 Å². The summed E-state index contributed by atoms with van der Waals surface area (Å²) in [7, 11) is 4.81. The van der Waals surface area contributed by atoms with Crippen LogP contribution in [0.4, 0.5) is 0 Å². The highest BCUT2D eigenvalue weighted by Crippen LogP contribution is 2.48. The number of aromatic nitrogens is 1. The first-order valence-electron chi connectivity index (χ1n) is 14.3. The molecule has 8 nitrogen and oxygen atoms in total. The molecule has 0 amide bonds. The highest BCUT2D eigenvalue weighted by Gasteiger charge is 2.26. The molecule has 2 N–H and O–H groups in total. The molecule has 4 heterocycles. The first kappa shape index (κ1) is 26.9. The fourth-order valence-corrected chi connectivity index (χ4v) is 6.07. The van der Waals surface area contributed by atoms with E-state index in [1.807, 2.05) is 54.6 Å². The molecule has 3 aliphatic rings. The Bertz CT molecular complexity index is 1840. The molecule has 5 aromatic rings. The number of nitrogens with zero attached hydrogens (tertiary/aromatic N) is 1. The Kier molecular flexibility index (Phi) is 6.91. The quantitative estimate of drug-likeness (QED) is 0.240. The molecule has 8 rings (SSSR count). The van der Waals surface area contributed by atoms with E-state index in [2.05, 4.69) is 11.4 Å². The maximum Gasteiger partial charge on any atom is 0.202 e. The second-order valence-corrected chi connectivity index (χ2v) is 10.8. The SMILES string of the molecule is COc1ccc2cc1Oc1ccc(cc1)Cc1nccc3cc(OC)c(O)c(c13)Oc1cc3c(cc1OC)CCNC3C2. The summed E-state index contributed by atoms with van der Waals surface area (Å²) in [6, 6.07) is 21.7. The molecule has 0 aliphatic carbocycles. The maximum absolute atomic E-state index is 11.4. The molecule has 43 heavy (non-hydrogen) atoms. The van der Waals surface area contributed by atoms with Crippen molar-refractivity contribution in [3.05, 3.63) is 101 Å². The molecule has 0 saturated carbocycles. The van der Waals surface area contributed by atoms with Crippen molar-refractivity contribution in [1.82, 2.24) is 10.3 Å². The molecular formula is C35H32N2O6. The maximum atomic E-state index is 11.4. The summed E-state index contributed by atoms with van der Waals surface area (Å²) >= 11 is 0. The van der Waals surface area contributed by atoms with Gasteiger partial charge in [0.25, 0.3) is 0 Å². The second kappa shape index (κ2) is 11.0. The fraction of sp³-hybridized carbons (Fsp3) is 0.229. The largest absolute Gasteiger partial charge is 0.502 e. The zero-order valence-electron chi connectivity index (χ0n) is 24.3. The van der Waals surface area contributed by atoms with Crippen LogP contribution in [0.5, 0.6) is 46.0 Å². The van der Waals surface area contributed by atoms with Gasteiger partial charge in [0.1, 0.15) is 5.75 Å². The predicted molar refractivity (Wildman–Crippen MR) is 163 cm³/mol. The van der Waals surface area contributed by atoms with Crippen LogP contribution in [0.25, 0.3) is 10.8 Å². The Morgan fingerprint density at radius 1 is 0.814 bits per heavy atom. The van der Waals surface area contributed by atoms with E-state index < -0.39 is 0 Å². The summed E-state index contributed by atoms with van der Waals surface area (Å²) in [6.45, 7) is 0.837. The van der Waals surface area contributed by atoms with Crippen LogP contribution >= 0.6 is 0 Å². The number of pyridine rings is 1. The van der Waals surface area contributed by atoms with E-state index in [0.717, 1.165) is 47.2 Å². The molecule has 6 bridgehead atoms. The lowest BCUT2D eigenvalue weighted by Crippen LogP contribution is -2.31. The molecule has 0 radical (unpaired) electrons. The Hall–Kier alpha value is -4.95. The first-order chi connectivity index (χ1) is 21.0. The molecular weight excluding hydrogens is 544 g/mol. The average Bonchev–Trinajstić information content (AvgIpc) is 3.03. The highest BCUT2D eigenvalue weighted by molar-refractivity contribution is 5.95. The van der Waals surface area contributed by atoms with Crippen molar-refractivity contribution in [1.29, 1.82) is 0 Å². The van der Waals surface area contributed by atoms with Gasteiger partial charge in [0.2, 0.25) is 5.75 Å². The van der Waals surface area contributed by atoms with E-state index in [-0.39, 0.29) is 17.5 Å². The van der Waals surface area contributed by atoms with Gasteiger partial charge in [-0.25, -0.2) is 0 Å². The number of fused-ring (bicyclic) bond motifs is 2. The summed E-state index contributed by atoms with van der Waals surface area (Å²) in [6.07, 6.45) is 3.85. The Morgan fingerprint density at radius 3 is 2.37 bits per heavy atom. The van der Waals surface area contributed by atoms with Gasteiger partial charge < -0.3 is 34.1 Å². The molecule has 3 aliphatic heterocycles. The van der Waals surface area contributed by atoms with Gasteiger partial charge in [-0.05, 0) is 95.6 Å². The van der Waals surface area contributed by atoms with Crippen molar-refractivity contribution in [3.63, 3.8) is 0 Å². The van der Waals surface area contributed by atoms with Crippen LogP contribution in [0.15, 0.2) is 72.9 Å². The molecule has 1 unspecified atom stereocenters. The van der Waals surface area contributed by atoms with E-state index in [4.69, 9.17) is 28.7 Å². The number of ether oxygens (including phenoxy) is 5. The predicted octanol–water partition coefficient (Wildman–Crippen LogP) is 6.88. The minimum Gasteiger partial charge on any atom is -0.502 e. The summed E-state index contributed by atoms with van der Waals surface area (Å²) in [5.74, 6) is 3.62. The van der Waals surface area contributed by atoms with Crippen LogP contribution in [0.1, 0.15) is 34.0 Å². The second-order valence-electron chi connectivity index (χ2n) is 10.8. The Balaban J connectivity index is 1.46. The molecule has 8 heteroatoms. The average molecular weight is 577 g/mol. The van der Waals surface area contributed by atoms with Crippen LogP contribution in [-0.4, -0.2) is 38.0 Å². The molecule has 218 valence electrons. The third-order valence-electron chi connectivity index (χ3n) is 8.23. The van der Waals surface area contributed by atoms with Crippen LogP contribution in [0.3, 0.4) is 0 Å². The minimum absolute atomic E-state index is 0.0179. The van der Waals surface area contributed by atoms with Gasteiger partial charge in [-0.1, -0.05) is 18.2 Å². The van der Waals surface area contributed by atoms with Crippen LogP contribution < -0.4 is 29.0 Å². The number of rotatable bonds is 3. The number of hydrogen-bond donors (Lipinski definition) is 2. The van der Waals surface area contributed by atoms with Gasteiger partial charge in [-0.2, -0.15) is 0 Å². The van der Waals surface area contributed by atoms with E-state index in [1.54, 1.807) is 26.5 Å². The van der Waals surface area contributed by atoms with Gasteiger partial charge >= 0.3 is 0 Å². The summed E-state index contributed by atoms with van der Waals surface area (Å²) < 4.78 is 29.9. The zero-order chi connectivity index (χ0) is 29.5. The van der Waals surface area contributed by atoms with Crippen molar-refractivity contribution in [2.24, 2.45) is 0 Å². The minimum atomic E-state index is -0.0948. The smallest absolute Gasteiger partial charge is 0.202 e. The molecule has 1 atom stereocenters. The zero-order valence-corrected chi connectivity index (χ0v) is 24.3. The number of phenols is 1. The lowest BCUT2D eigenvalue weighted by molar-refractivity contribution is 0.345. The first-order valence-corrected chi connectivity index (χ1v) is 14.3. The molecule has 0 saturated heterocycles. The Morgan fingerprint density at radius 2 is 1.58 bits per heavy atom. The van der Waals surface area contributed by atoms with E-state index in [1.165, 1.54) is 12.7 Å². The van der Waals surface area contributed by atoms with Crippen molar-refractivity contribution >= 4 is 10.8 Å². The summed E-state index contributed by atoms with van der Waals surface area (Å²) in [5.41, 5.74) is 5.18. The van der Waals surface area contributed by atoms with Crippen molar-refractivity contribution in [2.45, 2.75) is 25.3 Å². The summed E-state index contributed by atoms with van der Waals surface area (Å²) in [5, 5.41) is 16.6. The monoisotopic (exact) mass is 576 g/mol. The standard InChI is InChI=1S/C35H32N2O6/c1-39-28-9-6-21-15-26-25-19-31(29(40-2)17-22(25)10-12-36-26)43-35-33-23(18-32(41-3)34(35)38)11-13-37-27(33)14-20-4-7-24(8-5-20)42-30(28)16-21/h4-9,11,13,16-19,26,36,38H,10,12,14-15H2,1-3H3. The van der Waals surface area contributed by atoms with Crippen LogP contribution in [0.2, 0.25) is 0 Å². The Labute approximate surface area is 249 Å². The van der Waals surface area contributed by atoms with E-state index in [0.29, 0.717) is 46.3 Å². The third kappa shape index (κ3) is 4.93. The highest BCUT2D eigenvalue weighted by atomic mass is 16.5. The van der Waals surface area contributed by atoms with Crippen LogP contribution in [0, 0.1) is 0 Å². The molecule has 1 aromatic heterocycles. The number of nitrogens with one attached hydrogen (secondary N) is 1. The normalized spacial score (nSPS) is 15.6. The molecule has 0 spiro atoms. The number of aromatic hydroxyl groups is 1. The number of benzene rings is 4. The van der Waals surface area contributed by atoms with Crippen LogP contribution in [-0.2, 0) is 19.3 Å². The van der Waals surface area contributed by atoms with Crippen molar-refractivity contribution in [3.8, 4) is 46.0 Å². The third-order valence-corrected chi connectivity index (χ3v) is 8.23. The van der Waals surface area contributed by atoms with Gasteiger partial charge in [0.15, 0.2) is 34.5 Å². The number of phenolic OH excluding ortho intramolecular Hbond substituents is 1. The number of hydrogen-bond acceptors (Lipinski definition) is 8. The molecule has 4 aromatic carbocycles. The lowest BCUT2D eigenvalue weighted by atomic mass is 9.89. The van der Waals surface area contributed by atoms with Gasteiger partial charge in [-0.15, -0.1) is 0 Å². The molecule has 0 fully saturated rings.